The third kappa shape index (κ3) is 2.85. The Morgan fingerprint density at radius 3 is 2.82 bits per heavy atom. The molecule has 1 spiro atoms. The Morgan fingerprint density at radius 2 is 2.14 bits per heavy atom. The van der Waals surface area contributed by atoms with Gasteiger partial charge in [0, 0.05) is 11.4 Å². The Labute approximate surface area is 132 Å². The quantitative estimate of drug-likeness (QED) is 0.802. The molecule has 1 aliphatic carbocycles. The van der Waals surface area contributed by atoms with E-state index in [0.717, 1.165) is 24.2 Å². The molecule has 22 heavy (non-hydrogen) atoms. The summed E-state index contributed by atoms with van der Waals surface area (Å²) in [6, 6.07) is 3.54. The highest BCUT2D eigenvalue weighted by Gasteiger charge is 2.52. The number of nitrogens with zero attached hydrogens (tertiary/aromatic N) is 1. The second kappa shape index (κ2) is 6.08. The molecule has 118 valence electrons. The molecule has 1 aliphatic heterocycles. The van der Waals surface area contributed by atoms with Crippen LogP contribution in [0.2, 0.25) is 0 Å². The third-order valence-electron chi connectivity index (χ3n) is 4.28. The maximum Gasteiger partial charge on any atom is 0.325 e. The highest BCUT2D eigenvalue weighted by Crippen LogP contribution is 2.34. The molecule has 0 radical (unpaired) electrons. The van der Waals surface area contributed by atoms with Gasteiger partial charge in [0.25, 0.3) is 5.91 Å². The number of nitrogens with one attached hydrogen (secondary N) is 2. The topological polar surface area (TPSA) is 78.5 Å². The van der Waals surface area contributed by atoms with Gasteiger partial charge in [0.1, 0.15) is 12.1 Å². The van der Waals surface area contributed by atoms with E-state index in [9.17, 15) is 14.4 Å². The lowest BCUT2D eigenvalue weighted by Gasteiger charge is -2.19. The summed E-state index contributed by atoms with van der Waals surface area (Å²) in [6.45, 7) is 0.311. The van der Waals surface area contributed by atoms with Crippen molar-refractivity contribution in [3.8, 4) is 0 Å². The molecule has 4 amide bonds. The Kier molecular flexibility index (Phi) is 4.15. The van der Waals surface area contributed by atoms with E-state index in [1.54, 1.807) is 11.3 Å². The van der Waals surface area contributed by atoms with E-state index in [0.29, 0.717) is 19.4 Å². The average Bonchev–Trinajstić information content (AvgIpc) is 3.19. The Hall–Kier alpha value is -1.89. The fourth-order valence-corrected chi connectivity index (χ4v) is 3.83. The highest BCUT2D eigenvalue weighted by molar-refractivity contribution is 7.09. The lowest BCUT2D eigenvalue weighted by Crippen LogP contribution is -2.45. The van der Waals surface area contributed by atoms with Crippen LogP contribution in [0.5, 0.6) is 0 Å². The van der Waals surface area contributed by atoms with Gasteiger partial charge in [-0.1, -0.05) is 18.9 Å². The number of thiophene rings is 1. The number of hydrogen-bond donors (Lipinski definition) is 2. The highest BCUT2D eigenvalue weighted by atomic mass is 32.1. The number of carbonyl (C=O) groups excluding carboxylic acids is 3. The normalized spacial score (nSPS) is 19.7. The summed E-state index contributed by atoms with van der Waals surface area (Å²) in [7, 11) is 0. The number of hydrogen-bond acceptors (Lipinski definition) is 4. The monoisotopic (exact) mass is 321 g/mol. The van der Waals surface area contributed by atoms with Gasteiger partial charge in [-0.2, -0.15) is 0 Å². The van der Waals surface area contributed by atoms with E-state index in [4.69, 9.17) is 0 Å². The Morgan fingerprint density at radius 1 is 1.36 bits per heavy atom. The predicted molar refractivity (Wildman–Crippen MR) is 82.5 cm³/mol. The summed E-state index contributed by atoms with van der Waals surface area (Å²) < 4.78 is 0. The van der Waals surface area contributed by atoms with Crippen LogP contribution in [0, 0.1) is 0 Å². The van der Waals surface area contributed by atoms with Crippen molar-refractivity contribution < 1.29 is 14.4 Å². The number of carbonyl (C=O) groups is 3. The second-order valence-corrected chi connectivity index (χ2v) is 6.82. The number of urea groups is 1. The molecule has 7 heteroatoms. The minimum atomic E-state index is -0.742. The lowest BCUT2D eigenvalue weighted by molar-refractivity contribution is -0.134. The van der Waals surface area contributed by atoms with Crippen molar-refractivity contribution in [3.63, 3.8) is 0 Å². The summed E-state index contributed by atoms with van der Waals surface area (Å²) in [4.78, 5) is 38.5. The number of amides is 4. The molecule has 2 N–H and O–H groups in total. The van der Waals surface area contributed by atoms with Crippen molar-refractivity contribution in [1.82, 2.24) is 15.5 Å². The van der Waals surface area contributed by atoms with Crippen LogP contribution in [0.15, 0.2) is 17.5 Å². The maximum absolute atomic E-state index is 12.4. The summed E-state index contributed by atoms with van der Waals surface area (Å²) in [5.74, 6) is -0.543. The molecule has 6 nitrogen and oxygen atoms in total. The first-order valence-corrected chi connectivity index (χ1v) is 8.42. The third-order valence-corrected chi connectivity index (χ3v) is 5.21. The summed E-state index contributed by atoms with van der Waals surface area (Å²) in [5, 5.41) is 7.53. The predicted octanol–water partition coefficient (Wildman–Crippen LogP) is 1.27. The van der Waals surface area contributed by atoms with Crippen molar-refractivity contribution >= 4 is 29.2 Å². The molecule has 1 saturated carbocycles. The van der Waals surface area contributed by atoms with Crippen molar-refractivity contribution in [2.45, 2.75) is 37.6 Å². The van der Waals surface area contributed by atoms with Gasteiger partial charge in [-0.15, -0.1) is 11.3 Å². The van der Waals surface area contributed by atoms with Crippen molar-refractivity contribution in [1.29, 1.82) is 0 Å². The average molecular weight is 321 g/mol. The van der Waals surface area contributed by atoms with Gasteiger partial charge < -0.3 is 10.6 Å². The molecule has 0 atom stereocenters. The van der Waals surface area contributed by atoms with E-state index in [2.05, 4.69) is 10.6 Å². The van der Waals surface area contributed by atoms with Crippen LogP contribution in [-0.2, 0) is 16.0 Å². The molecular formula is C15H19N3O3S. The van der Waals surface area contributed by atoms with Gasteiger partial charge in [0.05, 0.1) is 0 Å². The number of imide groups is 1. The summed E-state index contributed by atoms with van der Waals surface area (Å²) in [6.07, 6.45) is 3.98. The molecular weight excluding hydrogens is 302 g/mol. The van der Waals surface area contributed by atoms with Gasteiger partial charge in [-0.25, -0.2) is 4.79 Å². The zero-order chi connectivity index (χ0) is 15.6. The molecule has 2 heterocycles. The number of rotatable bonds is 5. The molecule has 0 unspecified atom stereocenters. The maximum atomic E-state index is 12.4. The molecule has 2 aliphatic rings. The first-order chi connectivity index (χ1) is 10.6. The zero-order valence-electron chi connectivity index (χ0n) is 12.3. The van der Waals surface area contributed by atoms with Crippen LogP contribution >= 0.6 is 11.3 Å². The molecule has 1 aromatic rings. The van der Waals surface area contributed by atoms with Gasteiger partial charge in [-0.3, -0.25) is 14.5 Å². The Balaban J connectivity index is 1.50. The largest absolute Gasteiger partial charge is 0.354 e. The second-order valence-electron chi connectivity index (χ2n) is 5.79. The molecule has 0 bridgehead atoms. The van der Waals surface area contributed by atoms with E-state index in [-0.39, 0.29) is 18.4 Å². The van der Waals surface area contributed by atoms with Crippen LogP contribution in [0.25, 0.3) is 0 Å². The van der Waals surface area contributed by atoms with Crippen LogP contribution < -0.4 is 10.6 Å². The molecule has 2 fully saturated rings. The minimum Gasteiger partial charge on any atom is -0.354 e. The molecule has 0 aromatic carbocycles. The van der Waals surface area contributed by atoms with Crippen LogP contribution in [0.1, 0.15) is 30.6 Å². The minimum absolute atomic E-state index is 0.198. The molecule has 1 aromatic heterocycles. The van der Waals surface area contributed by atoms with E-state index < -0.39 is 11.6 Å². The summed E-state index contributed by atoms with van der Waals surface area (Å²) >= 11 is 1.64. The fourth-order valence-electron chi connectivity index (χ4n) is 3.12. The first-order valence-electron chi connectivity index (χ1n) is 7.54. The SMILES string of the molecule is O=C(CN1C(=O)NC2(CCCC2)C1=O)NCCc1cccs1. The van der Waals surface area contributed by atoms with Gasteiger partial charge >= 0.3 is 6.03 Å². The van der Waals surface area contributed by atoms with E-state index in [1.165, 1.54) is 4.88 Å². The zero-order valence-corrected chi connectivity index (χ0v) is 13.1. The van der Waals surface area contributed by atoms with Gasteiger partial charge in [0.2, 0.25) is 5.91 Å². The van der Waals surface area contributed by atoms with Crippen molar-refractivity contribution in [2.24, 2.45) is 0 Å². The van der Waals surface area contributed by atoms with Crippen LogP contribution in [-0.4, -0.2) is 41.4 Å². The van der Waals surface area contributed by atoms with Crippen molar-refractivity contribution in [3.05, 3.63) is 22.4 Å². The van der Waals surface area contributed by atoms with Crippen LogP contribution in [0.4, 0.5) is 4.79 Å². The standard InChI is InChI=1S/C15H19N3O3S/c19-12(16-8-5-11-4-3-9-22-11)10-18-13(20)15(17-14(18)21)6-1-2-7-15/h3-4,9H,1-2,5-8,10H2,(H,16,19)(H,17,21). The smallest absolute Gasteiger partial charge is 0.325 e. The molecule has 1 saturated heterocycles. The van der Waals surface area contributed by atoms with Crippen LogP contribution in [0.3, 0.4) is 0 Å². The van der Waals surface area contributed by atoms with Gasteiger partial charge in [0.15, 0.2) is 0 Å². The lowest BCUT2D eigenvalue weighted by atomic mass is 9.98. The Bertz CT molecular complexity index is 579. The summed E-state index contributed by atoms with van der Waals surface area (Å²) in [5.41, 5.74) is -0.742. The molecule has 3 rings (SSSR count). The first kappa shape index (κ1) is 15.0. The fraction of sp³-hybridized carbons (Fsp3) is 0.533. The van der Waals surface area contributed by atoms with Gasteiger partial charge in [-0.05, 0) is 30.7 Å². The van der Waals surface area contributed by atoms with E-state index >= 15 is 0 Å². The van der Waals surface area contributed by atoms with Crippen molar-refractivity contribution in [2.75, 3.05) is 13.1 Å². The van der Waals surface area contributed by atoms with E-state index in [1.807, 2.05) is 17.5 Å².